The zero-order valence-corrected chi connectivity index (χ0v) is 8.46. The zero-order chi connectivity index (χ0) is 9.68. The molecule has 0 saturated heterocycles. The fourth-order valence-corrected chi connectivity index (χ4v) is 2.36. The molecular formula is C11H20O2. The summed E-state index contributed by atoms with van der Waals surface area (Å²) in [7, 11) is 0. The number of carbonyl (C=O) groups excluding carboxylic acids is 1. The van der Waals surface area contributed by atoms with Crippen molar-refractivity contribution >= 4 is 5.78 Å². The Bertz CT molecular complexity index is 159. The number of rotatable bonds is 4. The summed E-state index contributed by atoms with van der Waals surface area (Å²) in [5.74, 6) is 1.05. The van der Waals surface area contributed by atoms with Gasteiger partial charge in [0.05, 0.1) is 0 Å². The van der Waals surface area contributed by atoms with Gasteiger partial charge in [0.25, 0.3) is 0 Å². The van der Waals surface area contributed by atoms with Crippen LogP contribution in [-0.2, 0) is 4.79 Å². The molecule has 0 bridgehead atoms. The summed E-state index contributed by atoms with van der Waals surface area (Å²) < 4.78 is 0. The van der Waals surface area contributed by atoms with Gasteiger partial charge in [-0.3, -0.25) is 0 Å². The van der Waals surface area contributed by atoms with E-state index in [0.29, 0.717) is 12.3 Å². The van der Waals surface area contributed by atoms with Gasteiger partial charge in [0.15, 0.2) is 0 Å². The molecule has 1 aliphatic carbocycles. The van der Waals surface area contributed by atoms with E-state index in [1.54, 1.807) is 6.92 Å². The van der Waals surface area contributed by atoms with Crippen LogP contribution in [0.25, 0.3) is 0 Å². The Labute approximate surface area is 80.3 Å². The summed E-state index contributed by atoms with van der Waals surface area (Å²) in [5, 5.41) is 9.17. The van der Waals surface area contributed by atoms with Gasteiger partial charge < -0.3 is 9.90 Å². The van der Waals surface area contributed by atoms with Crippen LogP contribution in [0.15, 0.2) is 0 Å². The first-order valence-corrected chi connectivity index (χ1v) is 5.34. The van der Waals surface area contributed by atoms with Crippen molar-refractivity contribution in [2.75, 3.05) is 6.61 Å². The monoisotopic (exact) mass is 184 g/mol. The number of hydrogen-bond donors (Lipinski definition) is 1. The molecule has 0 radical (unpaired) electrons. The summed E-state index contributed by atoms with van der Waals surface area (Å²) in [6.45, 7) is 1.80. The van der Waals surface area contributed by atoms with Crippen LogP contribution in [0.2, 0.25) is 0 Å². The number of aliphatic hydroxyl groups is 1. The van der Waals surface area contributed by atoms with Gasteiger partial charge in [-0.05, 0) is 18.8 Å². The van der Waals surface area contributed by atoms with E-state index in [2.05, 4.69) is 0 Å². The van der Waals surface area contributed by atoms with Gasteiger partial charge in [-0.2, -0.15) is 0 Å². The van der Waals surface area contributed by atoms with Crippen LogP contribution < -0.4 is 0 Å². The van der Waals surface area contributed by atoms with Crippen molar-refractivity contribution in [3.8, 4) is 0 Å². The fraction of sp³-hybridized carbons (Fsp3) is 0.909. The lowest BCUT2D eigenvalue weighted by atomic mass is 9.78. The summed E-state index contributed by atoms with van der Waals surface area (Å²) in [4.78, 5) is 10.9. The Hall–Kier alpha value is -0.370. The van der Waals surface area contributed by atoms with Crippen LogP contribution in [0, 0.1) is 11.8 Å². The first-order chi connectivity index (χ1) is 6.24. The van der Waals surface area contributed by atoms with Crippen LogP contribution >= 0.6 is 0 Å². The molecule has 0 spiro atoms. The maximum Gasteiger partial charge on any atom is 0.130 e. The molecule has 0 aromatic rings. The minimum atomic E-state index is 0.185. The molecule has 0 aromatic carbocycles. The second kappa shape index (κ2) is 5.38. The summed E-state index contributed by atoms with van der Waals surface area (Å²) in [6, 6.07) is 0. The molecule has 1 atom stereocenters. The van der Waals surface area contributed by atoms with Crippen LogP contribution in [0.5, 0.6) is 0 Å². The van der Waals surface area contributed by atoms with E-state index >= 15 is 0 Å². The normalized spacial score (nSPS) is 21.4. The quantitative estimate of drug-likeness (QED) is 0.727. The van der Waals surface area contributed by atoms with Gasteiger partial charge in [-0.1, -0.05) is 32.1 Å². The first-order valence-electron chi connectivity index (χ1n) is 5.34. The number of ketones is 1. The standard InChI is InChI=1S/C11H20O2/c1-9(13)7-11(8-12)10-5-3-2-4-6-10/h10-12H,2-8H2,1H3. The van der Waals surface area contributed by atoms with Crippen molar-refractivity contribution in [3.63, 3.8) is 0 Å². The van der Waals surface area contributed by atoms with E-state index in [0.717, 1.165) is 0 Å². The van der Waals surface area contributed by atoms with E-state index < -0.39 is 0 Å². The molecule has 1 unspecified atom stereocenters. The van der Waals surface area contributed by atoms with Gasteiger partial charge in [0.2, 0.25) is 0 Å². The third-order valence-corrected chi connectivity index (χ3v) is 3.10. The molecule has 1 N–H and O–H groups in total. The Morgan fingerprint density at radius 2 is 2.00 bits per heavy atom. The van der Waals surface area contributed by atoms with Gasteiger partial charge >= 0.3 is 0 Å². The minimum Gasteiger partial charge on any atom is -0.396 e. The molecule has 1 fully saturated rings. The topological polar surface area (TPSA) is 37.3 Å². The number of hydrogen-bond acceptors (Lipinski definition) is 2. The molecule has 13 heavy (non-hydrogen) atoms. The zero-order valence-electron chi connectivity index (χ0n) is 8.46. The van der Waals surface area contributed by atoms with E-state index in [1.165, 1.54) is 32.1 Å². The summed E-state index contributed by atoms with van der Waals surface area (Å²) in [6.07, 6.45) is 6.87. The second-order valence-corrected chi connectivity index (χ2v) is 4.25. The lowest BCUT2D eigenvalue weighted by Gasteiger charge is -2.28. The number of carbonyl (C=O) groups is 1. The molecular weight excluding hydrogens is 164 g/mol. The maximum absolute atomic E-state index is 10.9. The van der Waals surface area contributed by atoms with Crippen molar-refractivity contribution in [1.82, 2.24) is 0 Å². The smallest absolute Gasteiger partial charge is 0.130 e. The molecule has 1 saturated carbocycles. The van der Waals surface area contributed by atoms with Crippen molar-refractivity contribution in [1.29, 1.82) is 0 Å². The average molecular weight is 184 g/mol. The lowest BCUT2D eigenvalue weighted by Crippen LogP contribution is -2.23. The number of Topliss-reactive ketones (excluding diaryl/α,β-unsaturated/α-hetero) is 1. The molecule has 76 valence electrons. The van der Waals surface area contributed by atoms with Crippen molar-refractivity contribution < 1.29 is 9.90 Å². The molecule has 2 heteroatoms. The molecule has 1 aliphatic rings. The number of aliphatic hydroxyl groups excluding tert-OH is 1. The molecule has 1 rings (SSSR count). The third-order valence-electron chi connectivity index (χ3n) is 3.10. The predicted octanol–water partition coefficient (Wildman–Crippen LogP) is 2.15. The third kappa shape index (κ3) is 3.47. The molecule has 0 amide bonds. The maximum atomic E-state index is 10.9. The van der Waals surface area contributed by atoms with E-state index in [1.807, 2.05) is 0 Å². The predicted molar refractivity (Wildman–Crippen MR) is 52.4 cm³/mol. The minimum absolute atomic E-state index is 0.185. The molecule has 0 aliphatic heterocycles. The largest absolute Gasteiger partial charge is 0.396 e. The van der Waals surface area contributed by atoms with Crippen LogP contribution in [0.1, 0.15) is 45.4 Å². The highest BCUT2D eigenvalue weighted by Crippen LogP contribution is 2.31. The lowest BCUT2D eigenvalue weighted by molar-refractivity contribution is -0.118. The van der Waals surface area contributed by atoms with E-state index in [9.17, 15) is 9.90 Å². The SMILES string of the molecule is CC(=O)CC(CO)C1CCCCC1. The van der Waals surface area contributed by atoms with Crippen LogP contribution in [-0.4, -0.2) is 17.5 Å². The first kappa shape index (κ1) is 10.7. The highest BCUT2D eigenvalue weighted by molar-refractivity contribution is 5.75. The molecule has 0 aromatic heterocycles. The van der Waals surface area contributed by atoms with E-state index in [4.69, 9.17) is 0 Å². The summed E-state index contributed by atoms with van der Waals surface area (Å²) in [5.41, 5.74) is 0. The van der Waals surface area contributed by atoms with E-state index in [-0.39, 0.29) is 18.3 Å². The van der Waals surface area contributed by atoms with Gasteiger partial charge in [0, 0.05) is 13.0 Å². The van der Waals surface area contributed by atoms with Gasteiger partial charge in [-0.25, -0.2) is 0 Å². The Balaban J connectivity index is 2.39. The van der Waals surface area contributed by atoms with Gasteiger partial charge in [0.1, 0.15) is 5.78 Å². The molecule has 2 nitrogen and oxygen atoms in total. The highest BCUT2D eigenvalue weighted by atomic mass is 16.3. The van der Waals surface area contributed by atoms with Crippen molar-refractivity contribution in [3.05, 3.63) is 0 Å². The van der Waals surface area contributed by atoms with Crippen molar-refractivity contribution in [2.45, 2.75) is 45.4 Å². The van der Waals surface area contributed by atoms with Crippen LogP contribution in [0.4, 0.5) is 0 Å². The Kier molecular flexibility index (Phi) is 4.43. The summed E-state index contributed by atoms with van der Waals surface area (Å²) >= 11 is 0. The highest BCUT2D eigenvalue weighted by Gasteiger charge is 2.23. The second-order valence-electron chi connectivity index (χ2n) is 4.25. The van der Waals surface area contributed by atoms with Gasteiger partial charge in [-0.15, -0.1) is 0 Å². The van der Waals surface area contributed by atoms with Crippen molar-refractivity contribution in [2.24, 2.45) is 11.8 Å². The Morgan fingerprint density at radius 1 is 1.38 bits per heavy atom. The Morgan fingerprint density at radius 3 is 2.46 bits per heavy atom. The van der Waals surface area contributed by atoms with Crippen LogP contribution in [0.3, 0.4) is 0 Å². The fourth-order valence-electron chi connectivity index (χ4n) is 2.36. The molecule has 0 heterocycles. The average Bonchev–Trinajstić information content (AvgIpc) is 2.15.